The third kappa shape index (κ3) is 2.88. The molecule has 1 saturated carbocycles. The van der Waals surface area contributed by atoms with Crippen LogP contribution >= 0.6 is 15.9 Å². The smallest absolute Gasteiger partial charge is 0.126 e. The monoisotopic (exact) mass is 350 g/mol. The highest BCUT2D eigenvalue weighted by Crippen LogP contribution is 2.48. The van der Waals surface area contributed by atoms with Crippen LogP contribution in [0.3, 0.4) is 0 Å². The molecule has 0 N–H and O–H groups in total. The highest BCUT2D eigenvalue weighted by Gasteiger charge is 2.40. The Hall–Kier alpha value is -0.500. The zero-order valence-electron chi connectivity index (χ0n) is 13.5. The Labute approximate surface area is 137 Å². The fraction of sp³-hybridized carbons (Fsp3) is 0.684. The number of fused-ring (bicyclic) bond motifs is 1. The number of ether oxygens (including phenoxy) is 1. The van der Waals surface area contributed by atoms with Gasteiger partial charge in [0.05, 0.1) is 6.61 Å². The lowest BCUT2D eigenvalue weighted by Crippen LogP contribution is -2.39. The van der Waals surface area contributed by atoms with Crippen molar-refractivity contribution in [3.05, 3.63) is 29.3 Å². The largest absolute Gasteiger partial charge is 0.493 e. The van der Waals surface area contributed by atoms with Crippen LogP contribution in [0.5, 0.6) is 5.75 Å². The van der Waals surface area contributed by atoms with Crippen molar-refractivity contribution in [3.63, 3.8) is 0 Å². The minimum Gasteiger partial charge on any atom is -0.493 e. The third-order valence-corrected chi connectivity index (χ3v) is 6.60. The van der Waals surface area contributed by atoms with Gasteiger partial charge in [0, 0.05) is 10.4 Å². The van der Waals surface area contributed by atoms with E-state index in [0.717, 1.165) is 18.9 Å². The molecular formula is C19H27BrO. The van der Waals surface area contributed by atoms with E-state index in [2.05, 4.69) is 54.9 Å². The van der Waals surface area contributed by atoms with E-state index in [-0.39, 0.29) is 5.41 Å². The predicted molar refractivity (Wildman–Crippen MR) is 92.5 cm³/mol. The molecule has 0 bridgehead atoms. The van der Waals surface area contributed by atoms with Crippen LogP contribution in [0.4, 0.5) is 0 Å². The Morgan fingerprint density at radius 2 is 2.05 bits per heavy atom. The van der Waals surface area contributed by atoms with Gasteiger partial charge in [-0.2, -0.15) is 0 Å². The first-order chi connectivity index (χ1) is 10.00. The molecule has 3 unspecified atom stereocenters. The van der Waals surface area contributed by atoms with E-state index in [1.165, 1.54) is 42.6 Å². The number of halogens is 1. The molecular weight excluding hydrogens is 324 g/mol. The zero-order valence-corrected chi connectivity index (χ0v) is 15.1. The van der Waals surface area contributed by atoms with E-state index < -0.39 is 0 Å². The summed E-state index contributed by atoms with van der Waals surface area (Å²) in [5.74, 6) is 2.72. The van der Waals surface area contributed by atoms with Gasteiger partial charge in [-0.3, -0.25) is 0 Å². The fourth-order valence-corrected chi connectivity index (χ4v) is 5.78. The first-order valence-electron chi connectivity index (χ1n) is 8.39. The number of hydrogen-bond acceptors (Lipinski definition) is 1. The van der Waals surface area contributed by atoms with E-state index in [0.29, 0.717) is 10.7 Å². The quantitative estimate of drug-likeness (QED) is 0.640. The Morgan fingerprint density at radius 1 is 1.24 bits per heavy atom. The molecule has 0 radical (unpaired) electrons. The van der Waals surface area contributed by atoms with Gasteiger partial charge in [-0.05, 0) is 48.5 Å². The van der Waals surface area contributed by atoms with E-state index in [9.17, 15) is 0 Å². The summed E-state index contributed by atoms with van der Waals surface area (Å²) < 4.78 is 6.07. The standard InChI is InChI=1S/C19H27BrO/c1-13-9-10-15(17(20)12-13)19(2,3)16-8-4-6-14-7-5-11-21-18(14)16/h4,6,8,13,15,17H,5,7,9-12H2,1-3H3. The molecule has 1 heterocycles. The Balaban J connectivity index is 1.94. The number of aryl methyl sites for hydroxylation is 1. The first-order valence-corrected chi connectivity index (χ1v) is 9.31. The van der Waals surface area contributed by atoms with E-state index in [1.54, 1.807) is 0 Å². The van der Waals surface area contributed by atoms with Gasteiger partial charge in [0.2, 0.25) is 0 Å². The summed E-state index contributed by atoms with van der Waals surface area (Å²) in [6.45, 7) is 8.08. The molecule has 0 amide bonds. The molecule has 0 aromatic heterocycles. The lowest BCUT2D eigenvalue weighted by molar-refractivity contribution is 0.204. The Bertz CT molecular complexity index is 508. The van der Waals surface area contributed by atoms with E-state index >= 15 is 0 Å². The molecule has 1 aromatic carbocycles. The maximum Gasteiger partial charge on any atom is 0.126 e. The van der Waals surface area contributed by atoms with Gasteiger partial charge < -0.3 is 4.74 Å². The van der Waals surface area contributed by atoms with Crippen molar-refractivity contribution >= 4 is 15.9 Å². The minimum absolute atomic E-state index is 0.164. The van der Waals surface area contributed by atoms with Crippen molar-refractivity contribution in [3.8, 4) is 5.75 Å². The molecule has 3 atom stereocenters. The third-order valence-electron chi connectivity index (χ3n) is 5.59. The molecule has 2 aliphatic rings. The van der Waals surface area contributed by atoms with Crippen LogP contribution in [-0.2, 0) is 11.8 Å². The van der Waals surface area contributed by atoms with Crippen LogP contribution in [0.2, 0.25) is 0 Å². The van der Waals surface area contributed by atoms with Gasteiger partial charge >= 0.3 is 0 Å². The lowest BCUT2D eigenvalue weighted by Gasteiger charge is -2.43. The first kappa shape index (κ1) is 15.4. The lowest BCUT2D eigenvalue weighted by atomic mass is 9.65. The van der Waals surface area contributed by atoms with Gasteiger partial charge in [-0.25, -0.2) is 0 Å². The second kappa shape index (κ2) is 5.95. The summed E-state index contributed by atoms with van der Waals surface area (Å²) >= 11 is 3.98. The molecule has 1 fully saturated rings. The van der Waals surface area contributed by atoms with Crippen LogP contribution in [0, 0.1) is 11.8 Å². The molecule has 21 heavy (non-hydrogen) atoms. The molecule has 1 nitrogen and oxygen atoms in total. The normalized spacial score (nSPS) is 29.6. The van der Waals surface area contributed by atoms with E-state index in [1.807, 2.05) is 0 Å². The Morgan fingerprint density at radius 3 is 2.81 bits per heavy atom. The summed E-state index contributed by atoms with van der Waals surface area (Å²) in [4.78, 5) is 0.621. The highest BCUT2D eigenvalue weighted by atomic mass is 79.9. The van der Waals surface area contributed by atoms with Crippen LogP contribution in [0.15, 0.2) is 18.2 Å². The highest BCUT2D eigenvalue weighted by molar-refractivity contribution is 9.09. The summed E-state index contributed by atoms with van der Waals surface area (Å²) in [6, 6.07) is 6.75. The van der Waals surface area contributed by atoms with Gasteiger partial charge in [-0.1, -0.05) is 61.3 Å². The van der Waals surface area contributed by atoms with Crippen LogP contribution in [-0.4, -0.2) is 11.4 Å². The molecule has 2 heteroatoms. The van der Waals surface area contributed by atoms with Crippen LogP contribution < -0.4 is 4.74 Å². The van der Waals surface area contributed by atoms with Gasteiger partial charge in [-0.15, -0.1) is 0 Å². The van der Waals surface area contributed by atoms with Crippen molar-refractivity contribution in [2.24, 2.45) is 11.8 Å². The molecule has 0 saturated heterocycles. The summed E-state index contributed by atoms with van der Waals surface area (Å²) in [5.41, 5.74) is 2.99. The maximum absolute atomic E-state index is 6.07. The number of rotatable bonds is 2. The van der Waals surface area contributed by atoms with Gasteiger partial charge in [0.15, 0.2) is 0 Å². The maximum atomic E-state index is 6.07. The van der Waals surface area contributed by atoms with E-state index in [4.69, 9.17) is 4.74 Å². The Kier molecular flexibility index (Phi) is 4.36. The minimum atomic E-state index is 0.164. The number of alkyl halides is 1. The summed E-state index contributed by atoms with van der Waals surface area (Å²) in [5, 5.41) is 0. The predicted octanol–water partition coefficient (Wildman–Crippen LogP) is 5.49. The molecule has 1 aromatic rings. The van der Waals surface area contributed by atoms with Crippen LogP contribution in [0.25, 0.3) is 0 Å². The molecule has 3 rings (SSSR count). The molecule has 116 valence electrons. The van der Waals surface area contributed by atoms with Crippen molar-refractivity contribution in [2.75, 3.05) is 6.61 Å². The summed E-state index contributed by atoms with van der Waals surface area (Å²) in [7, 11) is 0. The molecule has 0 spiro atoms. The second-order valence-corrected chi connectivity index (χ2v) is 8.68. The van der Waals surface area contributed by atoms with Crippen molar-refractivity contribution < 1.29 is 4.74 Å². The van der Waals surface area contributed by atoms with Crippen molar-refractivity contribution in [1.29, 1.82) is 0 Å². The number of benzene rings is 1. The summed E-state index contributed by atoms with van der Waals surface area (Å²) in [6.07, 6.45) is 6.28. The van der Waals surface area contributed by atoms with Gasteiger partial charge in [0.25, 0.3) is 0 Å². The second-order valence-electron chi connectivity index (χ2n) is 7.51. The van der Waals surface area contributed by atoms with Gasteiger partial charge in [0.1, 0.15) is 5.75 Å². The molecule has 1 aliphatic carbocycles. The fourth-order valence-electron chi connectivity index (χ4n) is 4.22. The topological polar surface area (TPSA) is 9.23 Å². The average Bonchev–Trinajstić information content (AvgIpc) is 2.46. The van der Waals surface area contributed by atoms with Crippen molar-refractivity contribution in [2.45, 2.75) is 63.1 Å². The average molecular weight is 351 g/mol. The van der Waals surface area contributed by atoms with Crippen molar-refractivity contribution in [1.82, 2.24) is 0 Å². The zero-order chi connectivity index (χ0) is 15.0. The number of hydrogen-bond donors (Lipinski definition) is 0. The van der Waals surface area contributed by atoms with Crippen LogP contribution in [0.1, 0.15) is 57.6 Å². The SMILES string of the molecule is CC1CCC(C(C)(C)c2cccc3c2OCCC3)C(Br)C1. The molecule has 1 aliphatic heterocycles. The number of para-hydroxylation sites is 1.